The largest absolute Gasteiger partial charge is 0.444 e. The Morgan fingerprint density at radius 2 is 1.54 bits per heavy atom. The van der Waals surface area contributed by atoms with E-state index in [1.807, 2.05) is 46.9 Å². The summed E-state index contributed by atoms with van der Waals surface area (Å²) < 4.78 is 11.6. The van der Waals surface area contributed by atoms with Gasteiger partial charge in [-0.2, -0.15) is 11.8 Å². The first-order valence-corrected chi connectivity index (χ1v) is 21.4. The van der Waals surface area contributed by atoms with Crippen LogP contribution in [0.4, 0.5) is 4.79 Å². The van der Waals surface area contributed by atoms with Crippen LogP contribution in [0.2, 0.25) is 0 Å². The lowest BCUT2D eigenvalue weighted by Gasteiger charge is -2.37. The van der Waals surface area contributed by atoms with Gasteiger partial charge in [-0.1, -0.05) is 78.8 Å². The van der Waals surface area contributed by atoms with Crippen LogP contribution in [0.3, 0.4) is 0 Å². The summed E-state index contributed by atoms with van der Waals surface area (Å²) in [6.45, 7) is 19.7. The Morgan fingerprint density at radius 3 is 2.11 bits per heavy atom. The van der Waals surface area contributed by atoms with E-state index in [0.29, 0.717) is 31.1 Å². The van der Waals surface area contributed by atoms with Gasteiger partial charge in [-0.05, 0) is 107 Å². The van der Waals surface area contributed by atoms with Crippen molar-refractivity contribution in [1.82, 2.24) is 21.3 Å². The highest BCUT2D eigenvalue weighted by molar-refractivity contribution is 7.98. The molecule has 5 N–H and O–H groups in total. The number of aliphatic hydroxyl groups excluding tert-OH is 1. The number of benzene rings is 1. The predicted octanol–water partition coefficient (Wildman–Crippen LogP) is 6.26. The highest BCUT2D eigenvalue weighted by atomic mass is 32.2. The zero-order valence-electron chi connectivity index (χ0n) is 34.9. The molecule has 308 valence electrons. The number of hydrogen-bond donors (Lipinski definition) is 5. The number of thioether (sulfide) groups is 1. The minimum atomic E-state index is -0.902. The van der Waals surface area contributed by atoms with E-state index in [9.17, 15) is 24.3 Å². The van der Waals surface area contributed by atoms with Crippen molar-refractivity contribution in [2.24, 2.45) is 29.6 Å². The van der Waals surface area contributed by atoms with E-state index in [4.69, 9.17) is 9.47 Å². The van der Waals surface area contributed by atoms with Crippen LogP contribution < -0.4 is 21.3 Å². The van der Waals surface area contributed by atoms with Crippen molar-refractivity contribution in [3.63, 3.8) is 0 Å². The molecule has 0 bridgehead atoms. The Morgan fingerprint density at radius 1 is 0.870 bits per heavy atom. The molecule has 1 saturated heterocycles. The second kappa shape index (κ2) is 23.3. The molecule has 11 nitrogen and oxygen atoms in total. The van der Waals surface area contributed by atoms with Crippen LogP contribution >= 0.6 is 11.8 Å². The molecule has 4 amide bonds. The molecule has 0 aromatic heterocycles. The third kappa shape index (κ3) is 17.8. The number of rotatable bonds is 21. The van der Waals surface area contributed by atoms with Gasteiger partial charge in [0.05, 0.1) is 18.2 Å². The maximum Gasteiger partial charge on any atom is 0.408 e. The normalized spacial score (nSPS) is 19.7. The molecule has 0 spiro atoms. The van der Waals surface area contributed by atoms with Crippen molar-refractivity contribution in [2.75, 3.05) is 18.6 Å². The molecule has 0 unspecified atom stereocenters. The fraction of sp³-hybridized carbons (Fsp3) is 0.762. The first-order chi connectivity index (χ1) is 25.3. The fourth-order valence-corrected chi connectivity index (χ4v) is 7.51. The number of alkyl carbamates (subject to hydrolysis) is 1. The number of carbonyl (C=O) groups is 4. The predicted molar refractivity (Wildman–Crippen MR) is 218 cm³/mol. The second-order valence-corrected chi connectivity index (χ2v) is 18.3. The quantitative estimate of drug-likeness (QED) is 0.0981. The number of ether oxygens (including phenoxy) is 2. The molecule has 0 saturated carbocycles. The Labute approximate surface area is 330 Å². The molecular weight excluding hydrogens is 705 g/mol. The number of amides is 4. The highest BCUT2D eigenvalue weighted by Crippen LogP contribution is 2.28. The van der Waals surface area contributed by atoms with Gasteiger partial charge in [-0.15, -0.1) is 0 Å². The van der Waals surface area contributed by atoms with E-state index < -0.39 is 41.7 Å². The van der Waals surface area contributed by atoms with Crippen molar-refractivity contribution >= 4 is 35.6 Å². The van der Waals surface area contributed by atoms with E-state index in [-0.39, 0.29) is 60.6 Å². The van der Waals surface area contributed by atoms with Gasteiger partial charge in [0.2, 0.25) is 17.7 Å². The molecule has 1 heterocycles. The number of nitrogens with one attached hydrogen (secondary N) is 4. The first kappa shape index (κ1) is 47.3. The van der Waals surface area contributed by atoms with Crippen molar-refractivity contribution in [2.45, 2.75) is 156 Å². The maximum absolute atomic E-state index is 13.7. The molecule has 1 aliphatic heterocycles. The Bertz CT molecular complexity index is 1290. The summed E-state index contributed by atoms with van der Waals surface area (Å²) in [6.07, 6.45) is 4.67. The number of aliphatic hydroxyl groups is 1. The van der Waals surface area contributed by atoms with E-state index in [1.54, 1.807) is 32.5 Å². The SMILES string of the molecule is CSCC[C@H](NC(=O)[C@@H](NC(=O)OC(C)(C)C)C(C)C)C(=O)N[C@@H](CC(C)C)C[C@@H](O)C[C@@H](C)C(=O)N[C@@H](C(C)C)[C@@H]1C[C@@H](Cc2ccccc2)CCO1. The minimum absolute atomic E-state index is 0.0809. The van der Waals surface area contributed by atoms with Crippen LogP contribution in [0.25, 0.3) is 0 Å². The average molecular weight is 777 g/mol. The lowest BCUT2D eigenvalue weighted by Crippen LogP contribution is -2.57. The molecule has 8 atom stereocenters. The van der Waals surface area contributed by atoms with Crippen LogP contribution in [0, 0.1) is 29.6 Å². The van der Waals surface area contributed by atoms with Crippen LogP contribution in [-0.4, -0.2) is 89.5 Å². The minimum Gasteiger partial charge on any atom is -0.444 e. The summed E-state index contributed by atoms with van der Waals surface area (Å²) in [6, 6.07) is 8.23. The Balaban J connectivity index is 2.05. The smallest absolute Gasteiger partial charge is 0.408 e. The van der Waals surface area contributed by atoms with Gasteiger partial charge in [0.1, 0.15) is 17.7 Å². The summed E-state index contributed by atoms with van der Waals surface area (Å²) in [5.74, 6) is -0.153. The maximum atomic E-state index is 13.7. The van der Waals surface area contributed by atoms with Crippen molar-refractivity contribution < 1.29 is 33.8 Å². The fourth-order valence-electron chi connectivity index (χ4n) is 7.04. The average Bonchev–Trinajstić information content (AvgIpc) is 3.06. The standard InChI is InChI=1S/C42H72N4O7S/c1-26(2)21-32(43-39(49)34(18-20-54-11)44-40(50)37(28(5)6)46-41(51)53-42(8,9)10)25-33(47)22-29(7)38(48)45-36(27(3)4)35-24-31(17-19-52-35)23-30-15-13-12-14-16-30/h12-16,26-29,31-37,47H,17-25H2,1-11H3,(H,43,49)(H,44,50)(H,45,48)(H,46,51)/t29-,31-,32+,33+,34+,35+,36+,37+/m1/s1. The second-order valence-electron chi connectivity index (χ2n) is 17.3. The van der Waals surface area contributed by atoms with Gasteiger partial charge in [-0.25, -0.2) is 4.79 Å². The molecule has 2 rings (SSSR count). The monoisotopic (exact) mass is 777 g/mol. The third-order valence-electron chi connectivity index (χ3n) is 9.82. The van der Waals surface area contributed by atoms with E-state index in [1.165, 1.54) is 5.56 Å². The Hall–Kier alpha value is -2.83. The van der Waals surface area contributed by atoms with Crippen LogP contribution in [0.1, 0.15) is 113 Å². The van der Waals surface area contributed by atoms with Gasteiger partial charge in [0.25, 0.3) is 0 Å². The van der Waals surface area contributed by atoms with Gasteiger partial charge in [-0.3, -0.25) is 14.4 Å². The summed E-state index contributed by atoms with van der Waals surface area (Å²) in [5, 5.41) is 23.2. The summed E-state index contributed by atoms with van der Waals surface area (Å²) in [7, 11) is 0. The number of hydrogen-bond acceptors (Lipinski definition) is 8. The number of carbonyl (C=O) groups excluding carboxylic acids is 4. The van der Waals surface area contributed by atoms with Crippen LogP contribution in [-0.2, 0) is 30.3 Å². The van der Waals surface area contributed by atoms with Gasteiger partial charge in [0, 0.05) is 18.6 Å². The topological polar surface area (TPSA) is 155 Å². The molecule has 1 aliphatic rings. The molecule has 1 aromatic rings. The molecule has 1 fully saturated rings. The lowest BCUT2D eigenvalue weighted by atomic mass is 9.84. The van der Waals surface area contributed by atoms with Crippen molar-refractivity contribution in [3.05, 3.63) is 35.9 Å². The van der Waals surface area contributed by atoms with Crippen LogP contribution in [0.15, 0.2) is 30.3 Å². The van der Waals surface area contributed by atoms with Gasteiger partial charge in [0.15, 0.2) is 0 Å². The molecule has 0 radical (unpaired) electrons. The van der Waals surface area contributed by atoms with Gasteiger partial charge < -0.3 is 35.8 Å². The van der Waals surface area contributed by atoms with E-state index >= 15 is 0 Å². The van der Waals surface area contributed by atoms with Gasteiger partial charge >= 0.3 is 6.09 Å². The lowest BCUT2D eigenvalue weighted by molar-refractivity contribution is -0.131. The highest BCUT2D eigenvalue weighted by Gasteiger charge is 2.35. The molecule has 12 heteroatoms. The summed E-state index contributed by atoms with van der Waals surface area (Å²) in [5.41, 5.74) is 0.587. The van der Waals surface area contributed by atoms with Crippen molar-refractivity contribution in [1.29, 1.82) is 0 Å². The zero-order valence-corrected chi connectivity index (χ0v) is 35.7. The third-order valence-corrected chi connectivity index (χ3v) is 10.5. The zero-order chi connectivity index (χ0) is 40.6. The van der Waals surface area contributed by atoms with E-state index in [0.717, 1.165) is 19.3 Å². The molecule has 0 aliphatic carbocycles. The molecule has 1 aromatic carbocycles. The summed E-state index contributed by atoms with van der Waals surface area (Å²) >= 11 is 1.56. The molecular formula is C42H72N4O7S. The van der Waals surface area contributed by atoms with Crippen molar-refractivity contribution in [3.8, 4) is 0 Å². The van der Waals surface area contributed by atoms with Crippen LogP contribution in [0.5, 0.6) is 0 Å². The molecule has 54 heavy (non-hydrogen) atoms. The Kier molecular flexibility index (Phi) is 20.4. The van der Waals surface area contributed by atoms with E-state index in [2.05, 4.69) is 59.4 Å². The first-order valence-electron chi connectivity index (χ1n) is 20.0. The summed E-state index contributed by atoms with van der Waals surface area (Å²) in [4.78, 5) is 53.3.